The number of methoxy groups -OCH3 is 2. The summed E-state index contributed by atoms with van der Waals surface area (Å²) in [5, 5.41) is 11.8. The van der Waals surface area contributed by atoms with Crippen molar-refractivity contribution in [2.24, 2.45) is 11.8 Å². The molecule has 0 saturated heterocycles. The summed E-state index contributed by atoms with van der Waals surface area (Å²) < 4.78 is 78.8. The van der Waals surface area contributed by atoms with Gasteiger partial charge in [-0.05, 0) is 96.8 Å². The van der Waals surface area contributed by atoms with E-state index in [9.17, 15) is 31.5 Å². The maximum Gasteiger partial charge on any atom is 0.416 e. The summed E-state index contributed by atoms with van der Waals surface area (Å²) in [5.74, 6) is 0.455. The van der Waals surface area contributed by atoms with Gasteiger partial charge in [-0.3, -0.25) is 4.79 Å². The highest BCUT2D eigenvalue weighted by atomic mass is 32.2. The number of sulfonamides is 1. The number of carbonyl (C=O) groups is 1. The van der Waals surface area contributed by atoms with Gasteiger partial charge >= 0.3 is 6.18 Å². The van der Waals surface area contributed by atoms with Crippen molar-refractivity contribution in [3.8, 4) is 11.5 Å². The first-order valence-electron chi connectivity index (χ1n) is 15.1. The maximum atomic E-state index is 12.9. The van der Waals surface area contributed by atoms with Crippen molar-refractivity contribution in [1.82, 2.24) is 9.29 Å². The van der Waals surface area contributed by atoms with Crippen LogP contribution in [-0.2, 0) is 46.8 Å². The molecule has 1 heterocycles. The summed E-state index contributed by atoms with van der Waals surface area (Å²) in [5.41, 5.74) is 3.64. The molecule has 1 amide bonds. The van der Waals surface area contributed by atoms with E-state index in [1.165, 1.54) is 11.1 Å². The molecule has 0 aliphatic heterocycles. The zero-order valence-electron chi connectivity index (χ0n) is 26.3. The van der Waals surface area contributed by atoms with E-state index < -0.39 is 38.7 Å². The van der Waals surface area contributed by atoms with E-state index in [0.29, 0.717) is 53.6 Å². The second-order valence-corrected chi connectivity index (χ2v) is 13.7. The van der Waals surface area contributed by atoms with Gasteiger partial charge in [-0.1, -0.05) is 24.3 Å². The van der Waals surface area contributed by atoms with Crippen LogP contribution in [0.3, 0.4) is 0 Å². The number of aliphatic hydroxyl groups excluding tert-OH is 1. The predicted octanol–water partition coefficient (Wildman–Crippen LogP) is 6.04. The molecule has 0 fully saturated rings. The van der Waals surface area contributed by atoms with Gasteiger partial charge in [-0.15, -0.1) is 0 Å². The van der Waals surface area contributed by atoms with Gasteiger partial charge < -0.3 is 19.1 Å². The summed E-state index contributed by atoms with van der Waals surface area (Å²) in [6, 6.07) is 16.6. The molecule has 5 rings (SSSR count). The molecule has 3 aromatic carbocycles. The summed E-state index contributed by atoms with van der Waals surface area (Å²) in [6.45, 7) is 2.30. The lowest BCUT2D eigenvalue weighted by atomic mass is 9.85. The molecule has 0 bridgehead atoms. The average Bonchev–Trinajstić information content (AvgIpc) is 3.65. The molecule has 1 aromatic heterocycles. The Bertz CT molecular complexity index is 1790. The molecular weight excluding hydrogens is 633 g/mol. The Labute approximate surface area is 272 Å². The first kappa shape index (κ1) is 34.1. The minimum absolute atomic E-state index is 0.236. The number of amides is 1. The molecule has 1 aliphatic carbocycles. The van der Waals surface area contributed by atoms with Gasteiger partial charge in [0.25, 0.3) is 10.0 Å². The molecule has 2 N–H and O–H groups in total. The third-order valence-electron chi connectivity index (χ3n) is 8.70. The van der Waals surface area contributed by atoms with E-state index in [2.05, 4.69) is 12.1 Å². The third-order valence-corrected chi connectivity index (χ3v) is 10.1. The SMILES string of the molecule is COc1cc([C@@H](O)[C@@H](CC2Cc3ccccc3C2)Cn2ccc(CC(=O)NS(=O)(=O)c3ccc(C(F)(F)F)cc3)c2)cc(OC)c1C. The lowest BCUT2D eigenvalue weighted by Gasteiger charge is -2.27. The van der Waals surface area contributed by atoms with Gasteiger partial charge in [0.2, 0.25) is 5.91 Å². The second-order valence-electron chi connectivity index (χ2n) is 12.0. The van der Waals surface area contributed by atoms with E-state index >= 15 is 0 Å². The Hall–Kier alpha value is -4.29. The zero-order chi connectivity index (χ0) is 33.9. The molecule has 12 heteroatoms. The molecule has 0 unspecified atom stereocenters. The molecule has 8 nitrogen and oxygen atoms in total. The number of ether oxygens (including phenoxy) is 2. The van der Waals surface area contributed by atoms with Crippen LogP contribution in [0.5, 0.6) is 11.5 Å². The van der Waals surface area contributed by atoms with Crippen molar-refractivity contribution in [1.29, 1.82) is 0 Å². The number of rotatable bonds is 12. The van der Waals surface area contributed by atoms with Crippen molar-refractivity contribution in [2.75, 3.05) is 14.2 Å². The minimum atomic E-state index is -4.62. The number of alkyl halides is 3. The van der Waals surface area contributed by atoms with Crippen LogP contribution in [-0.4, -0.2) is 38.2 Å². The Morgan fingerprint density at radius 1 is 1.00 bits per heavy atom. The van der Waals surface area contributed by atoms with Crippen LogP contribution in [0.15, 0.2) is 84.0 Å². The molecule has 250 valence electrons. The number of hydrogen-bond donors (Lipinski definition) is 2. The maximum absolute atomic E-state index is 12.9. The standard InChI is InChI=1S/C35H37F3N2O6S/c1-22-31(45-2)18-27(19-32(22)46-3)34(42)28(16-24-14-25-6-4-5-7-26(25)15-24)21-40-13-12-23(20-40)17-33(41)39-47(43,44)30-10-8-29(9-11-30)35(36,37)38/h4-13,18-20,24,28,34,42H,14-17,21H2,1-3H3,(H,39,41)/t28-,34+/m0/s1. The van der Waals surface area contributed by atoms with Crippen molar-refractivity contribution in [3.63, 3.8) is 0 Å². The molecule has 0 spiro atoms. The van der Waals surface area contributed by atoms with Crippen LogP contribution < -0.4 is 14.2 Å². The van der Waals surface area contributed by atoms with E-state index in [1.54, 1.807) is 32.7 Å². The fourth-order valence-corrected chi connectivity index (χ4v) is 7.31. The highest BCUT2D eigenvalue weighted by Crippen LogP contribution is 2.39. The van der Waals surface area contributed by atoms with E-state index in [-0.39, 0.29) is 12.3 Å². The van der Waals surface area contributed by atoms with Crippen LogP contribution in [0.25, 0.3) is 0 Å². The largest absolute Gasteiger partial charge is 0.496 e. The van der Waals surface area contributed by atoms with Crippen molar-refractivity contribution in [2.45, 2.75) is 56.3 Å². The third kappa shape index (κ3) is 7.99. The lowest BCUT2D eigenvalue weighted by Crippen LogP contribution is -2.31. The molecule has 0 saturated carbocycles. The summed E-state index contributed by atoms with van der Waals surface area (Å²) >= 11 is 0. The summed E-state index contributed by atoms with van der Waals surface area (Å²) in [6.07, 6.45) is 0.268. The predicted molar refractivity (Wildman–Crippen MR) is 170 cm³/mol. The van der Waals surface area contributed by atoms with Gasteiger partial charge in [-0.25, -0.2) is 13.1 Å². The number of fused-ring (bicyclic) bond motifs is 1. The minimum Gasteiger partial charge on any atom is -0.496 e. The number of hydrogen-bond acceptors (Lipinski definition) is 6. The quantitative estimate of drug-likeness (QED) is 0.191. The number of carbonyl (C=O) groups excluding carboxylic acids is 1. The highest BCUT2D eigenvalue weighted by Gasteiger charge is 2.32. The Balaban J connectivity index is 1.31. The van der Waals surface area contributed by atoms with Gasteiger partial charge in [-0.2, -0.15) is 13.2 Å². The van der Waals surface area contributed by atoms with Gasteiger partial charge in [0.15, 0.2) is 0 Å². The number of nitrogens with zero attached hydrogens (tertiary/aromatic N) is 1. The summed E-state index contributed by atoms with van der Waals surface area (Å²) in [7, 11) is -1.24. The molecule has 2 atom stereocenters. The van der Waals surface area contributed by atoms with Crippen molar-refractivity contribution < 1.29 is 41.0 Å². The van der Waals surface area contributed by atoms with Gasteiger partial charge in [0, 0.05) is 30.4 Å². The fourth-order valence-electron chi connectivity index (χ4n) is 6.33. The number of aliphatic hydroxyl groups is 1. The second kappa shape index (κ2) is 13.8. The van der Waals surface area contributed by atoms with Crippen molar-refractivity contribution >= 4 is 15.9 Å². The first-order valence-corrected chi connectivity index (χ1v) is 16.6. The zero-order valence-corrected chi connectivity index (χ0v) is 27.1. The molecule has 47 heavy (non-hydrogen) atoms. The number of nitrogens with one attached hydrogen (secondary N) is 1. The van der Waals surface area contributed by atoms with E-state index in [1.807, 2.05) is 40.5 Å². The Kier molecular flexibility index (Phi) is 10.0. The number of aromatic nitrogens is 1. The van der Waals surface area contributed by atoms with Crippen LogP contribution in [0, 0.1) is 18.8 Å². The number of benzene rings is 3. The Morgan fingerprint density at radius 2 is 1.60 bits per heavy atom. The topological polar surface area (TPSA) is 107 Å². The van der Waals surface area contributed by atoms with Crippen LogP contribution in [0.1, 0.15) is 45.9 Å². The molecular formula is C35H37F3N2O6S. The monoisotopic (exact) mass is 670 g/mol. The molecule has 4 aromatic rings. The number of halogens is 3. The molecule has 1 aliphatic rings. The van der Waals surface area contributed by atoms with Crippen molar-refractivity contribution in [3.05, 3.63) is 113 Å². The average molecular weight is 671 g/mol. The Morgan fingerprint density at radius 3 is 2.15 bits per heavy atom. The highest BCUT2D eigenvalue weighted by molar-refractivity contribution is 7.90. The normalized spacial score (nSPS) is 14.8. The van der Waals surface area contributed by atoms with E-state index in [4.69, 9.17) is 9.47 Å². The van der Waals surface area contributed by atoms with Gasteiger partial charge in [0.05, 0.1) is 37.2 Å². The smallest absolute Gasteiger partial charge is 0.416 e. The first-order chi connectivity index (χ1) is 22.3. The van der Waals surface area contributed by atoms with E-state index in [0.717, 1.165) is 30.5 Å². The molecule has 0 radical (unpaired) electrons. The van der Waals surface area contributed by atoms with Crippen LogP contribution >= 0.6 is 0 Å². The lowest BCUT2D eigenvalue weighted by molar-refractivity contribution is -0.137. The van der Waals surface area contributed by atoms with Crippen LogP contribution in [0.2, 0.25) is 0 Å². The van der Waals surface area contributed by atoms with Crippen LogP contribution in [0.4, 0.5) is 13.2 Å². The van der Waals surface area contributed by atoms with Gasteiger partial charge in [0.1, 0.15) is 11.5 Å². The fraction of sp³-hybridized carbons (Fsp3) is 0.343. The summed E-state index contributed by atoms with van der Waals surface area (Å²) in [4.78, 5) is 12.2.